The zero-order valence-corrected chi connectivity index (χ0v) is 11.8. The van der Waals surface area contributed by atoms with Gasteiger partial charge in [-0.25, -0.2) is 0 Å². The molecular weight excluding hydrogens is 210 g/mol. The zero-order chi connectivity index (χ0) is 12.7. The summed E-state index contributed by atoms with van der Waals surface area (Å²) >= 11 is 0. The Kier molecular flexibility index (Phi) is 3.13. The van der Waals surface area contributed by atoms with E-state index in [1.54, 1.807) is 0 Å². The van der Waals surface area contributed by atoms with Crippen LogP contribution in [0.5, 0.6) is 0 Å². The quantitative estimate of drug-likeness (QED) is 0.761. The monoisotopic (exact) mass is 237 g/mol. The average molecular weight is 237 g/mol. The molecule has 0 radical (unpaired) electrons. The van der Waals surface area contributed by atoms with Crippen LogP contribution in [0.4, 0.5) is 0 Å². The van der Waals surface area contributed by atoms with E-state index in [-0.39, 0.29) is 5.54 Å². The minimum atomic E-state index is 0.264. The van der Waals surface area contributed by atoms with Crippen LogP contribution in [0.15, 0.2) is 4.99 Å². The van der Waals surface area contributed by atoms with Crippen molar-refractivity contribution in [3.05, 3.63) is 0 Å². The molecule has 2 rings (SSSR count). The van der Waals surface area contributed by atoms with Crippen molar-refractivity contribution in [1.29, 1.82) is 0 Å². The highest BCUT2D eigenvalue weighted by Gasteiger charge is 2.45. The normalized spacial score (nSPS) is 34.2. The Hall–Kier alpha value is -0.730. The standard InChI is InChI=1S/C14H27N3/c1-5-17-12(15)16-10-14(17)8-6-11(7-9-14)13(2,3)4/h11H,5-10H2,1-4H3,(H2,15,16). The van der Waals surface area contributed by atoms with Gasteiger partial charge in [0.25, 0.3) is 0 Å². The van der Waals surface area contributed by atoms with Crippen molar-refractivity contribution in [2.24, 2.45) is 22.1 Å². The van der Waals surface area contributed by atoms with Gasteiger partial charge in [-0.1, -0.05) is 20.8 Å². The maximum atomic E-state index is 5.99. The van der Waals surface area contributed by atoms with Gasteiger partial charge in [-0.05, 0) is 43.9 Å². The summed E-state index contributed by atoms with van der Waals surface area (Å²) < 4.78 is 0. The molecule has 3 heteroatoms. The highest BCUT2D eigenvalue weighted by Crippen LogP contribution is 2.44. The molecule has 1 heterocycles. The second-order valence-electron chi connectivity index (χ2n) is 6.78. The first-order valence-electron chi connectivity index (χ1n) is 6.96. The lowest BCUT2D eigenvalue weighted by atomic mass is 9.67. The summed E-state index contributed by atoms with van der Waals surface area (Å²) in [5, 5.41) is 0. The van der Waals surface area contributed by atoms with E-state index in [2.05, 4.69) is 37.6 Å². The van der Waals surface area contributed by atoms with Crippen LogP contribution < -0.4 is 5.73 Å². The second kappa shape index (κ2) is 4.18. The molecule has 98 valence electrons. The number of aliphatic imine (C=N–C) groups is 1. The van der Waals surface area contributed by atoms with Crippen LogP contribution in [0.3, 0.4) is 0 Å². The van der Waals surface area contributed by atoms with Gasteiger partial charge in [0.15, 0.2) is 5.96 Å². The van der Waals surface area contributed by atoms with Crippen molar-refractivity contribution in [3.63, 3.8) is 0 Å². The fraction of sp³-hybridized carbons (Fsp3) is 0.929. The van der Waals surface area contributed by atoms with E-state index < -0.39 is 0 Å². The lowest BCUT2D eigenvalue weighted by molar-refractivity contribution is 0.0767. The Morgan fingerprint density at radius 2 is 1.94 bits per heavy atom. The Morgan fingerprint density at radius 1 is 1.35 bits per heavy atom. The molecule has 0 bridgehead atoms. The van der Waals surface area contributed by atoms with Gasteiger partial charge in [-0.2, -0.15) is 0 Å². The molecule has 1 fully saturated rings. The number of hydrogen-bond acceptors (Lipinski definition) is 3. The molecule has 0 unspecified atom stereocenters. The van der Waals surface area contributed by atoms with Crippen molar-refractivity contribution in [1.82, 2.24) is 4.90 Å². The summed E-state index contributed by atoms with van der Waals surface area (Å²) in [6, 6.07) is 0. The van der Waals surface area contributed by atoms with Gasteiger partial charge in [0, 0.05) is 6.54 Å². The lowest BCUT2D eigenvalue weighted by Gasteiger charge is -2.46. The maximum Gasteiger partial charge on any atom is 0.191 e. The fourth-order valence-electron chi connectivity index (χ4n) is 3.59. The minimum Gasteiger partial charge on any atom is -0.370 e. The number of rotatable bonds is 1. The van der Waals surface area contributed by atoms with Crippen LogP contribution in [-0.4, -0.2) is 29.5 Å². The molecule has 1 spiro atoms. The first-order valence-corrected chi connectivity index (χ1v) is 6.96. The van der Waals surface area contributed by atoms with Crippen LogP contribution in [0.1, 0.15) is 53.4 Å². The van der Waals surface area contributed by atoms with E-state index in [0.717, 1.165) is 25.0 Å². The van der Waals surface area contributed by atoms with Crippen molar-refractivity contribution in [2.75, 3.05) is 13.1 Å². The van der Waals surface area contributed by atoms with Crippen LogP contribution in [0.2, 0.25) is 0 Å². The van der Waals surface area contributed by atoms with Gasteiger partial charge < -0.3 is 10.6 Å². The molecular formula is C14H27N3. The van der Waals surface area contributed by atoms with Gasteiger partial charge in [0.1, 0.15) is 0 Å². The molecule has 0 saturated heterocycles. The Bertz CT molecular complexity index is 306. The van der Waals surface area contributed by atoms with Gasteiger partial charge in [-0.3, -0.25) is 4.99 Å². The van der Waals surface area contributed by atoms with Crippen LogP contribution in [-0.2, 0) is 0 Å². The average Bonchev–Trinajstić information content (AvgIpc) is 2.55. The van der Waals surface area contributed by atoms with E-state index in [0.29, 0.717) is 5.41 Å². The topological polar surface area (TPSA) is 41.6 Å². The molecule has 0 amide bonds. The lowest BCUT2D eigenvalue weighted by Crippen LogP contribution is -2.53. The predicted octanol–water partition coefficient (Wildman–Crippen LogP) is 2.61. The number of hydrogen-bond donors (Lipinski definition) is 1. The molecule has 0 atom stereocenters. The molecule has 2 aliphatic rings. The molecule has 1 aliphatic carbocycles. The molecule has 3 nitrogen and oxygen atoms in total. The zero-order valence-electron chi connectivity index (χ0n) is 11.8. The predicted molar refractivity (Wildman–Crippen MR) is 73.0 cm³/mol. The largest absolute Gasteiger partial charge is 0.370 e. The smallest absolute Gasteiger partial charge is 0.191 e. The summed E-state index contributed by atoms with van der Waals surface area (Å²) in [5.74, 6) is 1.62. The minimum absolute atomic E-state index is 0.264. The Balaban J connectivity index is 2.04. The van der Waals surface area contributed by atoms with Crippen molar-refractivity contribution in [3.8, 4) is 0 Å². The van der Waals surface area contributed by atoms with Crippen LogP contribution in [0, 0.1) is 11.3 Å². The van der Waals surface area contributed by atoms with Crippen molar-refractivity contribution >= 4 is 5.96 Å². The third-order valence-electron chi connectivity index (χ3n) is 4.84. The van der Waals surface area contributed by atoms with Crippen molar-refractivity contribution < 1.29 is 0 Å². The maximum absolute atomic E-state index is 5.99. The third kappa shape index (κ3) is 2.16. The van der Waals surface area contributed by atoms with Crippen molar-refractivity contribution in [2.45, 2.75) is 58.9 Å². The van der Waals surface area contributed by atoms with Gasteiger partial charge in [-0.15, -0.1) is 0 Å². The van der Waals surface area contributed by atoms with Crippen LogP contribution >= 0.6 is 0 Å². The van der Waals surface area contributed by atoms with E-state index in [1.165, 1.54) is 25.7 Å². The van der Waals surface area contributed by atoms with E-state index in [4.69, 9.17) is 5.73 Å². The molecule has 0 aromatic carbocycles. The highest BCUT2D eigenvalue weighted by molar-refractivity contribution is 5.81. The third-order valence-corrected chi connectivity index (χ3v) is 4.84. The van der Waals surface area contributed by atoms with Gasteiger partial charge >= 0.3 is 0 Å². The first kappa shape index (κ1) is 12.7. The number of guanidine groups is 1. The number of nitrogens with two attached hydrogens (primary N) is 1. The molecule has 0 aromatic heterocycles. The first-order chi connectivity index (χ1) is 7.89. The summed E-state index contributed by atoms with van der Waals surface area (Å²) in [6.45, 7) is 11.2. The molecule has 1 saturated carbocycles. The van der Waals surface area contributed by atoms with Gasteiger partial charge in [0.05, 0.1) is 12.1 Å². The Labute approximate surface area is 105 Å². The number of likely N-dealkylation sites (N-methyl/N-ethyl adjacent to an activating group) is 1. The summed E-state index contributed by atoms with van der Waals surface area (Å²) in [7, 11) is 0. The van der Waals surface area contributed by atoms with E-state index in [9.17, 15) is 0 Å². The summed E-state index contributed by atoms with van der Waals surface area (Å²) in [5.41, 5.74) is 6.70. The number of nitrogens with zero attached hydrogens (tertiary/aromatic N) is 2. The van der Waals surface area contributed by atoms with E-state index >= 15 is 0 Å². The molecule has 1 aliphatic heterocycles. The molecule has 2 N–H and O–H groups in total. The van der Waals surface area contributed by atoms with Crippen LogP contribution in [0.25, 0.3) is 0 Å². The second-order valence-corrected chi connectivity index (χ2v) is 6.78. The Morgan fingerprint density at radius 3 is 2.41 bits per heavy atom. The summed E-state index contributed by atoms with van der Waals surface area (Å²) in [4.78, 5) is 6.81. The fourth-order valence-corrected chi connectivity index (χ4v) is 3.59. The summed E-state index contributed by atoms with van der Waals surface area (Å²) in [6.07, 6.45) is 5.16. The highest BCUT2D eigenvalue weighted by atomic mass is 15.4. The molecule has 0 aromatic rings. The molecule has 17 heavy (non-hydrogen) atoms. The van der Waals surface area contributed by atoms with E-state index in [1.807, 2.05) is 0 Å². The SMILES string of the molecule is CCN1C(N)=NCC12CCC(C(C)(C)C)CC2. The van der Waals surface area contributed by atoms with Gasteiger partial charge in [0.2, 0.25) is 0 Å².